The molecule has 1 aliphatic carbocycles. The van der Waals surface area contributed by atoms with E-state index in [0.717, 1.165) is 28.3 Å². The number of carboxylic acid groups (broad SMARTS) is 1. The zero-order valence-corrected chi connectivity index (χ0v) is 15.5. The number of amides is 1. The highest BCUT2D eigenvalue weighted by molar-refractivity contribution is 5.82. The minimum atomic E-state index is -0.843. The fourth-order valence-corrected chi connectivity index (χ4v) is 3.04. The van der Waals surface area contributed by atoms with Gasteiger partial charge in [-0.2, -0.15) is 5.10 Å². The van der Waals surface area contributed by atoms with Gasteiger partial charge in [0.15, 0.2) is 0 Å². The van der Waals surface area contributed by atoms with Crippen LogP contribution in [0.4, 0.5) is 0 Å². The molecule has 1 amide bonds. The summed E-state index contributed by atoms with van der Waals surface area (Å²) in [5.41, 5.74) is 3.29. The lowest BCUT2D eigenvalue weighted by molar-refractivity contribution is -0.143. The van der Waals surface area contributed by atoms with Crippen molar-refractivity contribution in [1.82, 2.24) is 25.1 Å². The Kier molecular flexibility index (Phi) is 4.52. The molecular weight excluding hydrogens is 334 g/mol. The molecule has 2 aromatic rings. The van der Waals surface area contributed by atoms with E-state index in [-0.39, 0.29) is 18.9 Å². The minimum absolute atomic E-state index is 0.151. The lowest BCUT2D eigenvalue weighted by atomic mass is 10.1. The molecule has 26 heavy (non-hydrogen) atoms. The van der Waals surface area contributed by atoms with Crippen LogP contribution < -0.4 is 5.32 Å². The molecule has 8 nitrogen and oxygen atoms in total. The third-order valence-electron chi connectivity index (χ3n) is 4.87. The highest BCUT2D eigenvalue weighted by Gasteiger charge is 2.50. The molecule has 1 saturated carbocycles. The van der Waals surface area contributed by atoms with Gasteiger partial charge in [-0.25, -0.2) is 14.6 Å². The third kappa shape index (κ3) is 3.44. The predicted octanol–water partition coefficient (Wildman–Crippen LogP) is 1.42. The van der Waals surface area contributed by atoms with E-state index in [0.29, 0.717) is 18.8 Å². The first-order chi connectivity index (χ1) is 12.2. The van der Waals surface area contributed by atoms with E-state index < -0.39 is 11.4 Å². The monoisotopic (exact) mass is 357 g/mol. The van der Waals surface area contributed by atoms with Crippen molar-refractivity contribution in [2.45, 2.75) is 47.0 Å². The van der Waals surface area contributed by atoms with E-state index >= 15 is 0 Å². The number of nitrogens with zero attached hydrogens (tertiary/aromatic N) is 4. The van der Waals surface area contributed by atoms with E-state index in [1.165, 1.54) is 0 Å². The van der Waals surface area contributed by atoms with Crippen molar-refractivity contribution < 1.29 is 14.7 Å². The van der Waals surface area contributed by atoms with Crippen LogP contribution in [0.15, 0.2) is 6.07 Å². The second-order valence-electron chi connectivity index (χ2n) is 7.05. The number of carboxylic acids is 1. The molecule has 0 unspecified atom stereocenters. The van der Waals surface area contributed by atoms with Gasteiger partial charge in [-0.3, -0.25) is 9.59 Å². The molecule has 8 heteroatoms. The quantitative estimate of drug-likeness (QED) is 0.809. The van der Waals surface area contributed by atoms with Crippen molar-refractivity contribution in [1.29, 1.82) is 0 Å². The summed E-state index contributed by atoms with van der Waals surface area (Å²) in [7, 11) is 0. The summed E-state index contributed by atoms with van der Waals surface area (Å²) >= 11 is 0. The third-order valence-corrected chi connectivity index (χ3v) is 4.87. The topological polar surface area (TPSA) is 110 Å². The van der Waals surface area contributed by atoms with Crippen molar-refractivity contribution in [3.8, 4) is 5.95 Å². The maximum atomic E-state index is 12.3. The van der Waals surface area contributed by atoms with E-state index in [9.17, 15) is 14.7 Å². The second-order valence-corrected chi connectivity index (χ2v) is 7.05. The van der Waals surface area contributed by atoms with Crippen molar-refractivity contribution >= 4 is 11.9 Å². The summed E-state index contributed by atoms with van der Waals surface area (Å²) in [5, 5.41) is 16.4. The van der Waals surface area contributed by atoms with Gasteiger partial charge in [0.25, 0.3) is 5.95 Å². The second kappa shape index (κ2) is 6.51. The number of carbonyl (C=O) groups excluding carboxylic acids is 1. The Morgan fingerprint density at radius 3 is 2.35 bits per heavy atom. The molecule has 2 heterocycles. The first kappa shape index (κ1) is 18.0. The fourth-order valence-electron chi connectivity index (χ4n) is 3.04. The Bertz CT molecular complexity index is 863. The first-order valence-corrected chi connectivity index (χ1v) is 8.60. The molecule has 1 fully saturated rings. The van der Waals surface area contributed by atoms with Gasteiger partial charge in [0.05, 0.1) is 17.5 Å². The average molecular weight is 357 g/mol. The number of nitrogens with one attached hydrogen (secondary N) is 1. The van der Waals surface area contributed by atoms with Crippen LogP contribution in [0.1, 0.15) is 41.2 Å². The normalized spacial score (nSPS) is 14.9. The zero-order chi connectivity index (χ0) is 19.1. The molecule has 2 aromatic heterocycles. The molecule has 0 aliphatic heterocycles. The van der Waals surface area contributed by atoms with Crippen molar-refractivity contribution in [2.24, 2.45) is 5.41 Å². The number of hydrogen-bond donors (Lipinski definition) is 2. The summed E-state index contributed by atoms with van der Waals surface area (Å²) in [6.07, 6.45) is 1.38. The number of aryl methyl sites for hydroxylation is 3. The molecule has 3 rings (SSSR count). The Labute approximate surface area is 151 Å². The summed E-state index contributed by atoms with van der Waals surface area (Å²) < 4.78 is 1.65. The fraction of sp³-hybridized carbons (Fsp3) is 0.500. The van der Waals surface area contributed by atoms with E-state index in [1.54, 1.807) is 4.68 Å². The molecule has 0 aromatic carbocycles. The van der Waals surface area contributed by atoms with Gasteiger partial charge in [0.2, 0.25) is 5.91 Å². The summed E-state index contributed by atoms with van der Waals surface area (Å²) in [6, 6.07) is 1.89. The standard InChI is InChI=1S/C18H23N5O3/c1-10-7-11(2)21-17(20-10)23-13(4)14(12(3)22-23)8-15(24)19-9-18(5-6-18)16(25)26/h7H,5-6,8-9H2,1-4H3,(H,19,24)(H,25,26). The molecule has 0 radical (unpaired) electrons. The largest absolute Gasteiger partial charge is 0.481 e. The van der Waals surface area contributed by atoms with Crippen LogP contribution in [0, 0.1) is 33.1 Å². The van der Waals surface area contributed by atoms with Crippen molar-refractivity contribution in [3.05, 3.63) is 34.4 Å². The molecule has 138 valence electrons. The molecule has 2 N–H and O–H groups in total. The van der Waals surface area contributed by atoms with Crippen LogP contribution in [0.3, 0.4) is 0 Å². The highest BCUT2D eigenvalue weighted by atomic mass is 16.4. The zero-order valence-electron chi connectivity index (χ0n) is 15.5. The van der Waals surface area contributed by atoms with Gasteiger partial charge >= 0.3 is 5.97 Å². The summed E-state index contributed by atoms with van der Waals surface area (Å²) in [5.74, 6) is -0.563. The Morgan fingerprint density at radius 1 is 1.19 bits per heavy atom. The predicted molar refractivity (Wildman–Crippen MR) is 94.1 cm³/mol. The van der Waals surface area contributed by atoms with Crippen LogP contribution in [0.25, 0.3) is 5.95 Å². The van der Waals surface area contributed by atoms with Crippen LogP contribution >= 0.6 is 0 Å². The highest BCUT2D eigenvalue weighted by Crippen LogP contribution is 2.45. The van der Waals surface area contributed by atoms with E-state index in [4.69, 9.17) is 0 Å². The van der Waals surface area contributed by atoms with Gasteiger partial charge in [0, 0.05) is 29.2 Å². The minimum Gasteiger partial charge on any atom is -0.481 e. The average Bonchev–Trinajstić information content (AvgIpc) is 3.30. The Balaban J connectivity index is 1.76. The molecule has 0 bridgehead atoms. The maximum Gasteiger partial charge on any atom is 0.311 e. The van der Waals surface area contributed by atoms with Crippen molar-refractivity contribution in [3.63, 3.8) is 0 Å². The van der Waals surface area contributed by atoms with Crippen molar-refractivity contribution in [2.75, 3.05) is 6.54 Å². The molecule has 0 saturated heterocycles. The van der Waals surface area contributed by atoms with Crippen LogP contribution in [0.5, 0.6) is 0 Å². The summed E-state index contributed by atoms with van der Waals surface area (Å²) in [4.78, 5) is 32.3. The number of hydrogen-bond acceptors (Lipinski definition) is 5. The van der Waals surface area contributed by atoms with E-state index in [2.05, 4.69) is 20.4 Å². The Morgan fingerprint density at radius 2 is 1.81 bits per heavy atom. The van der Waals surface area contributed by atoms with Gasteiger partial charge in [0.1, 0.15) is 0 Å². The maximum absolute atomic E-state index is 12.3. The molecule has 0 spiro atoms. The lowest BCUT2D eigenvalue weighted by Crippen LogP contribution is -2.35. The SMILES string of the molecule is Cc1cc(C)nc(-n2nc(C)c(CC(=O)NCC3(C(=O)O)CC3)c2C)n1. The van der Waals surface area contributed by atoms with Gasteiger partial charge < -0.3 is 10.4 Å². The Hall–Kier alpha value is -2.77. The number of rotatable bonds is 6. The molecule has 1 aliphatic rings. The van der Waals surface area contributed by atoms with Gasteiger partial charge in [-0.15, -0.1) is 0 Å². The number of aromatic nitrogens is 4. The molecule has 0 atom stereocenters. The smallest absolute Gasteiger partial charge is 0.311 e. The first-order valence-electron chi connectivity index (χ1n) is 8.60. The summed E-state index contributed by atoms with van der Waals surface area (Å²) in [6.45, 7) is 7.69. The van der Waals surface area contributed by atoms with Crippen LogP contribution in [-0.2, 0) is 16.0 Å². The van der Waals surface area contributed by atoms with Gasteiger partial charge in [-0.05, 0) is 46.6 Å². The van der Waals surface area contributed by atoms with E-state index in [1.807, 2.05) is 33.8 Å². The number of carbonyl (C=O) groups is 2. The lowest BCUT2D eigenvalue weighted by Gasteiger charge is -2.11. The van der Waals surface area contributed by atoms with Crippen LogP contribution in [-0.4, -0.2) is 43.3 Å². The number of aliphatic carboxylic acids is 1. The van der Waals surface area contributed by atoms with Gasteiger partial charge in [-0.1, -0.05) is 0 Å². The molecular formula is C18H23N5O3. The van der Waals surface area contributed by atoms with Crippen LogP contribution in [0.2, 0.25) is 0 Å².